The van der Waals surface area contributed by atoms with Crippen molar-refractivity contribution in [3.05, 3.63) is 70.5 Å². The highest BCUT2D eigenvalue weighted by Crippen LogP contribution is 2.34. The summed E-state index contributed by atoms with van der Waals surface area (Å²) in [6.07, 6.45) is 0.722. The van der Waals surface area contributed by atoms with Gasteiger partial charge in [0.05, 0.1) is 12.3 Å². The molecule has 0 saturated carbocycles. The molecule has 0 aliphatic carbocycles. The van der Waals surface area contributed by atoms with Crippen molar-refractivity contribution in [1.29, 1.82) is 0 Å². The minimum atomic E-state index is -1.20. The Morgan fingerprint density at radius 2 is 1.86 bits per heavy atom. The van der Waals surface area contributed by atoms with E-state index in [9.17, 15) is 18.8 Å². The second-order valence-corrected chi connectivity index (χ2v) is 9.44. The zero-order valence-corrected chi connectivity index (χ0v) is 21.7. The first-order chi connectivity index (χ1) is 17.6. The lowest BCUT2D eigenvalue weighted by molar-refractivity contribution is -0.122. The molecule has 0 unspecified atom stereocenters. The van der Waals surface area contributed by atoms with E-state index in [2.05, 4.69) is 9.69 Å². The highest BCUT2D eigenvalue weighted by Gasteiger charge is 2.36. The Hall–Kier alpha value is -3.99. The van der Waals surface area contributed by atoms with E-state index in [0.717, 1.165) is 17.4 Å². The van der Waals surface area contributed by atoms with Crippen LogP contribution in [-0.2, 0) is 4.79 Å². The molecular weight excluding hydrogens is 497 g/mol. The lowest BCUT2D eigenvalue weighted by atomic mass is 10.0. The molecule has 0 fully saturated rings. The molecule has 2 aromatic carbocycles. The summed E-state index contributed by atoms with van der Waals surface area (Å²) in [6.45, 7) is 6.75. The fourth-order valence-corrected chi connectivity index (χ4v) is 4.40. The number of primary amides is 1. The van der Waals surface area contributed by atoms with E-state index in [-0.39, 0.29) is 21.9 Å². The van der Waals surface area contributed by atoms with E-state index in [1.54, 1.807) is 24.3 Å². The number of benzene rings is 2. The molecule has 0 spiro atoms. The molecule has 1 aromatic heterocycles. The summed E-state index contributed by atoms with van der Waals surface area (Å²) in [5.74, 6) is -1.76. The molecule has 3 rings (SSSR count). The van der Waals surface area contributed by atoms with E-state index in [0.29, 0.717) is 41.9 Å². The number of anilines is 2. The summed E-state index contributed by atoms with van der Waals surface area (Å²) in [7, 11) is 0. The number of halogens is 1. The van der Waals surface area contributed by atoms with Gasteiger partial charge in [0.2, 0.25) is 5.91 Å². The van der Waals surface area contributed by atoms with Gasteiger partial charge in [-0.2, -0.15) is 4.37 Å². The lowest BCUT2D eigenvalue weighted by Gasteiger charge is -2.31. The molecule has 196 valence electrons. The van der Waals surface area contributed by atoms with Crippen LogP contribution in [0.1, 0.15) is 59.0 Å². The van der Waals surface area contributed by atoms with Gasteiger partial charge in [-0.15, -0.1) is 0 Å². The Balaban J connectivity index is 2.15. The maximum Gasteiger partial charge on any atom is 0.273 e. The molecule has 1 heterocycles. The van der Waals surface area contributed by atoms with Gasteiger partial charge >= 0.3 is 0 Å². The zero-order valence-electron chi connectivity index (χ0n) is 20.9. The van der Waals surface area contributed by atoms with Gasteiger partial charge in [-0.05, 0) is 66.7 Å². The Kier molecular flexibility index (Phi) is 9.18. The van der Waals surface area contributed by atoms with Crippen LogP contribution in [-0.4, -0.2) is 35.2 Å². The van der Waals surface area contributed by atoms with E-state index < -0.39 is 29.6 Å². The maximum absolute atomic E-state index is 14.3. The van der Waals surface area contributed by atoms with E-state index >= 15 is 0 Å². The van der Waals surface area contributed by atoms with Crippen LogP contribution in [0.25, 0.3) is 0 Å². The van der Waals surface area contributed by atoms with Crippen LogP contribution in [0.2, 0.25) is 0 Å². The number of aromatic nitrogens is 1. The summed E-state index contributed by atoms with van der Waals surface area (Å²) in [6, 6.07) is 10.8. The summed E-state index contributed by atoms with van der Waals surface area (Å²) in [4.78, 5) is 40.3. The van der Waals surface area contributed by atoms with Crippen LogP contribution in [0.4, 0.5) is 15.8 Å². The molecule has 1 atom stereocenters. The van der Waals surface area contributed by atoms with Crippen LogP contribution >= 0.6 is 11.5 Å². The van der Waals surface area contributed by atoms with Gasteiger partial charge in [0.1, 0.15) is 22.5 Å². The van der Waals surface area contributed by atoms with Crippen molar-refractivity contribution < 1.29 is 23.5 Å². The topological polar surface area (TPSA) is 141 Å². The first kappa shape index (κ1) is 27.6. The third-order valence-electron chi connectivity index (χ3n) is 5.50. The number of hydrogen-bond acceptors (Lipinski definition) is 7. The quantitative estimate of drug-likeness (QED) is 0.345. The largest absolute Gasteiger partial charge is 0.494 e. The SMILES string of the molecule is CCOc1ccc([C@@H](C(=O)NCCC(C)C)N(C(=O)c2snc(C(N)=O)c2N)c2cccc(F)c2)cc1. The monoisotopic (exact) mass is 527 g/mol. The number of nitrogen functional groups attached to an aromatic ring is 1. The molecule has 9 nitrogen and oxygen atoms in total. The standard InChI is InChI=1S/C26H30FN5O4S/c1-4-36-19-10-8-16(9-11-19)22(25(34)30-13-12-15(2)3)32(18-7-5-6-17(27)14-18)26(35)23-20(28)21(24(29)33)31-37-23/h5-11,14-15,22H,4,12-13,28H2,1-3H3,(H2,29,33)(H,30,34)/t22-/m0/s1. The predicted molar refractivity (Wildman–Crippen MR) is 141 cm³/mol. The molecule has 3 amide bonds. The molecule has 3 aromatic rings. The van der Waals surface area contributed by atoms with Gasteiger partial charge in [0, 0.05) is 12.2 Å². The predicted octanol–water partition coefficient (Wildman–Crippen LogP) is 3.91. The van der Waals surface area contributed by atoms with Gasteiger partial charge in [-0.25, -0.2) is 4.39 Å². The molecule has 11 heteroatoms. The number of carbonyl (C=O) groups is 3. The smallest absolute Gasteiger partial charge is 0.273 e. The minimum absolute atomic E-state index is 0.0935. The molecule has 0 aliphatic heterocycles. The van der Waals surface area contributed by atoms with Crippen molar-refractivity contribution in [2.24, 2.45) is 11.7 Å². The van der Waals surface area contributed by atoms with Crippen molar-refractivity contribution in [3.63, 3.8) is 0 Å². The zero-order chi connectivity index (χ0) is 27.1. The van der Waals surface area contributed by atoms with Crippen LogP contribution in [0.5, 0.6) is 5.75 Å². The normalized spacial score (nSPS) is 11.7. The Morgan fingerprint density at radius 3 is 2.43 bits per heavy atom. The highest BCUT2D eigenvalue weighted by molar-refractivity contribution is 7.09. The number of nitrogens with zero attached hydrogens (tertiary/aromatic N) is 2. The molecule has 0 bridgehead atoms. The summed E-state index contributed by atoms with van der Waals surface area (Å²) >= 11 is 0.682. The third-order valence-corrected chi connectivity index (χ3v) is 6.35. The summed E-state index contributed by atoms with van der Waals surface area (Å²) in [5, 5.41) is 2.89. The Labute approximate surface area is 218 Å². The van der Waals surface area contributed by atoms with Gasteiger partial charge in [-0.3, -0.25) is 19.3 Å². The number of nitrogens with one attached hydrogen (secondary N) is 1. The van der Waals surface area contributed by atoms with Gasteiger partial charge in [0.25, 0.3) is 11.8 Å². The Morgan fingerprint density at radius 1 is 1.16 bits per heavy atom. The van der Waals surface area contributed by atoms with Crippen LogP contribution in [0, 0.1) is 11.7 Å². The number of nitrogens with two attached hydrogens (primary N) is 2. The summed E-state index contributed by atoms with van der Waals surface area (Å²) < 4.78 is 23.8. The number of hydrogen-bond donors (Lipinski definition) is 3. The number of ether oxygens (including phenoxy) is 1. The molecule has 0 radical (unpaired) electrons. The van der Waals surface area contributed by atoms with Crippen LogP contribution in [0.3, 0.4) is 0 Å². The van der Waals surface area contributed by atoms with Crippen molar-refractivity contribution >= 4 is 40.6 Å². The molecule has 0 aliphatic rings. The third kappa shape index (κ3) is 6.62. The maximum atomic E-state index is 14.3. The van der Waals surface area contributed by atoms with E-state index in [1.807, 2.05) is 20.8 Å². The first-order valence-electron chi connectivity index (χ1n) is 11.8. The number of rotatable bonds is 11. The average Bonchev–Trinajstić information content (AvgIpc) is 3.24. The second kappa shape index (κ2) is 12.3. The molecule has 5 N–H and O–H groups in total. The van der Waals surface area contributed by atoms with Crippen molar-refractivity contribution in [3.8, 4) is 5.75 Å². The van der Waals surface area contributed by atoms with Gasteiger partial charge in [0.15, 0.2) is 5.69 Å². The van der Waals surface area contributed by atoms with Crippen molar-refractivity contribution in [2.75, 3.05) is 23.8 Å². The highest BCUT2D eigenvalue weighted by atomic mass is 32.1. The molecule has 37 heavy (non-hydrogen) atoms. The minimum Gasteiger partial charge on any atom is -0.494 e. The second-order valence-electron chi connectivity index (χ2n) is 8.67. The van der Waals surface area contributed by atoms with Crippen LogP contribution in [0.15, 0.2) is 48.5 Å². The Bertz CT molecular complexity index is 1260. The fourth-order valence-electron chi connectivity index (χ4n) is 3.66. The van der Waals surface area contributed by atoms with E-state index in [1.165, 1.54) is 18.2 Å². The fraction of sp³-hybridized carbons (Fsp3) is 0.308. The van der Waals surface area contributed by atoms with Crippen molar-refractivity contribution in [1.82, 2.24) is 9.69 Å². The number of carbonyl (C=O) groups excluding carboxylic acids is 3. The molecule has 0 saturated heterocycles. The average molecular weight is 528 g/mol. The van der Waals surface area contributed by atoms with Gasteiger partial charge in [-0.1, -0.05) is 32.0 Å². The lowest BCUT2D eigenvalue weighted by Crippen LogP contribution is -2.44. The first-order valence-corrected chi connectivity index (χ1v) is 12.6. The van der Waals surface area contributed by atoms with E-state index in [4.69, 9.17) is 16.2 Å². The van der Waals surface area contributed by atoms with Gasteiger partial charge < -0.3 is 21.5 Å². The van der Waals surface area contributed by atoms with Crippen molar-refractivity contribution in [2.45, 2.75) is 33.2 Å². The number of amides is 3. The van der Waals surface area contributed by atoms with Crippen LogP contribution < -0.4 is 26.4 Å². The molecular formula is C26H30FN5O4S. The summed E-state index contributed by atoms with van der Waals surface area (Å²) in [5.41, 5.74) is 11.5.